The van der Waals surface area contributed by atoms with E-state index in [0.29, 0.717) is 0 Å². The fourth-order valence-corrected chi connectivity index (χ4v) is 3.05. The third-order valence-electron chi connectivity index (χ3n) is 4.91. The predicted octanol–water partition coefficient (Wildman–Crippen LogP) is 6.16. The molecular formula is C18H10F17NO3S. The highest BCUT2D eigenvalue weighted by molar-refractivity contribution is 7.86. The number of fused-ring (bicyclic) bond motifs is 1. The van der Waals surface area contributed by atoms with Crippen LogP contribution in [0.15, 0.2) is 42.6 Å². The number of hydrogen-bond donors (Lipinski definition) is 0. The summed E-state index contributed by atoms with van der Waals surface area (Å²) < 4.78 is 246. The van der Waals surface area contributed by atoms with E-state index in [9.17, 15) is 87.6 Å². The first kappa shape index (κ1) is 35.4. The van der Waals surface area contributed by atoms with E-state index in [2.05, 4.69) is 54.2 Å². The first-order valence-electron chi connectivity index (χ1n) is 9.38. The molecule has 40 heavy (non-hydrogen) atoms. The fraction of sp³-hybridized carbons (Fsp3) is 0.500. The molecule has 0 radical (unpaired) electrons. The van der Waals surface area contributed by atoms with Crippen molar-refractivity contribution < 1.29 is 92.2 Å². The van der Waals surface area contributed by atoms with Gasteiger partial charge in [0.05, 0.1) is 0 Å². The van der Waals surface area contributed by atoms with Crippen LogP contribution in [0.1, 0.15) is 0 Å². The Morgan fingerprint density at radius 2 is 0.925 bits per heavy atom. The summed E-state index contributed by atoms with van der Waals surface area (Å²) in [6.45, 7) is 0. The summed E-state index contributed by atoms with van der Waals surface area (Å²) in [5.41, 5.74) is 1.27. The van der Waals surface area contributed by atoms with Crippen molar-refractivity contribution in [1.29, 1.82) is 0 Å². The maximum Gasteiger partial charge on any atom is 0.460 e. The van der Waals surface area contributed by atoms with E-state index in [1.807, 2.05) is 0 Å². The molecule has 0 atom stereocenters. The number of hydrogen-bond acceptors (Lipinski definition) is 3. The molecule has 22 heteroatoms. The van der Waals surface area contributed by atoms with Gasteiger partial charge in [-0.1, -0.05) is 12.1 Å². The summed E-state index contributed by atoms with van der Waals surface area (Å²) in [5.74, 6) is -52.1. The van der Waals surface area contributed by atoms with Crippen molar-refractivity contribution in [3.63, 3.8) is 0 Å². The van der Waals surface area contributed by atoms with Crippen LogP contribution in [0.2, 0.25) is 0 Å². The smallest absolute Gasteiger partial charge is 0.460 e. The van der Waals surface area contributed by atoms with Gasteiger partial charge >= 0.3 is 47.0 Å². The summed E-state index contributed by atoms with van der Waals surface area (Å²) in [6, 6.07) is 12.5. The zero-order valence-electron chi connectivity index (χ0n) is 18.5. The first-order valence-corrected chi connectivity index (χ1v) is 10.8. The van der Waals surface area contributed by atoms with Gasteiger partial charge in [-0.2, -0.15) is 74.6 Å². The second-order valence-electron chi connectivity index (χ2n) is 7.59. The minimum absolute atomic E-state index is 1.27. The van der Waals surface area contributed by atoms with Crippen LogP contribution in [0.4, 0.5) is 74.6 Å². The molecule has 0 aliphatic carbocycles. The molecule has 0 saturated carbocycles. The quantitative estimate of drug-likeness (QED) is 0.206. The Morgan fingerprint density at radius 1 is 0.575 bits per heavy atom. The number of halogens is 17. The molecule has 0 unspecified atom stereocenters. The van der Waals surface area contributed by atoms with Crippen LogP contribution in [-0.4, -0.2) is 59.9 Å². The van der Waals surface area contributed by atoms with Crippen molar-refractivity contribution in [3.8, 4) is 0 Å². The normalized spacial score (nSPS) is 15.1. The molecule has 0 fully saturated rings. The Kier molecular flexibility index (Phi) is 8.86. The number of aromatic nitrogens is 1. The summed E-state index contributed by atoms with van der Waals surface area (Å²) in [7, 11) is -6.09. The topological polar surface area (TPSA) is 61.1 Å². The molecule has 0 aliphatic heterocycles. The summed E-state index contributed by atoms with van der Waals surface area (Å²) >= 11 is 0. The first-order chi connectivity index (χ1) is 17.4. The number of benzene rings is 1. The van der Waals surface area contributed by atoms with Gasteiger partial charge in [-0.25, -0.2) is 13.0 Å². The van der Waals surface area contributed by atoms with E-state index >= 15 is 0 Å². The minimum Gasteiger partial charge on any atom is -0.743 e. The van der Waals surface area contributed by atoms with Crippen LogP contribution in [0.25, 0.3) is 10.9 Å². The van der Waals surface area contributed by atoms with Gasteiger partial charge in [-0.05, 0) is 12.1 Å². The lowest BCUT2D eigenvalue weighted by Gasteiger charge is -2.42. The number of para-hydroxylation sites is 1. The van der Waals surface area contributed by atoms with Crippen molar-refractivity contribution >= 4 is 21.0 Å². The Bertz CT molecular complexity index is 1320. The zero-order chi connectivity index (χ0) is 32.2. The van der Waals surface area contributed by atoms with Crippen molar-refractivity contribution in [2.45, 2.75) is 47.0 Å². The van der Waals surface area contributed by atoms with E-state index in [4.69, 9.17) is 0 Å². The zero-order valence-corrected chi connectivity index (χ0v) is 19.4. The third-order valence-corrected chi connectivity index (χ3v) is 5.79. The molecular weight excluding hydrogens is 633 g/mol. The third kappa shape index (κ3) is 5.11. The van der Waals surface area contributed by atoms with Crippen LogP contribution >= 0.6 is 0 Å². The van der Waals surface area contributed by atoms with Crippen molar-refractivity contribution in [3.05, 3.63) is 42.6 Å². The van der Waals surface area contributed by atoms with Crippen LogP contribution in [0, 0.1) is 0 Å². The van der Waals surface area contributed by atoms with Gasteiger partial charge in [0.1, 0.15) is 7.05 Å². The van der Waals surface area contributed by atoms with Crippen LogP contribution < -0.4 is 4.57 Å². The van der Waals surface area contributed by atoms with E-state index < -0.39 is 57.1 Å². The molecule has 1 heterocycles. The Balaban J connectivity index is 0.000000592. The molecule has 1 aromatic carbocycles. The second-order valence-corrected chi connectivity index (χ2v) is 9.01. The van der Waals surface area contributed by atoms with Gasteiger partial charge in [-0.15, -0.1) is 0 Å². The molecule has 0 N–H and O–H groups in total. The molecule has 0 amide bonds. The SMILES string of the molecule is C[n+]1cccc2ccccc21.O=S(=O)([O-])C(F)(F)C(F)(F)C(F)(F)C(F)(F)C(F)(F)C(F)(F)C(F)(F)C(F)(F)F. The Morgan fingerprint density at radius 3 is 1.30 bits per heavy atom. The lowest BCUT2D eigenvalue weighted by molar-refractivity contribution is -0.644. The molecule has 0 saturated heterocycles. The van der Waals surface area contributed by atoms with E-state index in [0.717, 1.165) is 0 Å². The predicted molar refractivity (Wildman–Crippen MR) is 95.5 cm³/mol. The highest BCUT2D eigenvalue weighted by atomic mass is 32.2. The molecule has 1 aromatic heterocycles. The number of pyridine rings is 1. The van der Waals surface area contributed by atoms with E-state index in [-0.39, 0.29) is 0 Å². The molecule has 4 nitrogen and oxygen atoms in total. The van der Waals surface area contributed by atoms with Crippen molar-refractivity contribution in [2.24, 2.45) is 7.05 Å². The Labute approximate surface area is 210 Å². The maximum atomic E-state index is 13.0. The monoisotopic (exact) mass is 643 g/mol. The number of alkyl halides is 17. The summed E-state index contributed by atoms with van der Waals surface area (Å²) in [6.07, 6.45) is -5.83. The average molecular weight is 643 g/mol. The maximum absolute atomic E-state index is 13.0. The summed E-state index contributed by atoms with van der Waals surface area (Å²) in [4.78, 5) is 0. The van der Waals surface area contributed by atoms with Gasteiger partial charge in [0.15, 0.2) is 16.3 Å². The lowest BCUT2D eigenvalue weighted by atomic mass is 9.91. The highest BCUT2D eigenvalue weighted by Crippen LogP contribution is 2.64. The molecule has 0 spiro atoms. The van der Waals surface area contributed by atoms with Gasteiger partial charge < -0.3 is 4.55 Å². The van der Waals surface area contributed by atoms with E-state index in [1.165, 1.54) is 10.9 Å². The molecule has 0 bridgehead atoms. The number of nitrogens with zero attached hydrogens (tertiary/aromatic N) is 1. The Hall–Kier alpha value is -2.65. The molecule has 2 aromatic rings. The minimum atomic E-state index is -8.92. The lowest BCUT2D eigenvalue weighted by Crippen LogP contribution is -2.75. The fourth-order valence-electron chi connectivity index (χ4n) is 2.61. The van der Waals surface area contributed by atoms with Crippen molar-refractivity contribution in [2.75, 3.05) is 0 Å². The largest absolute Gasteiger partial charge is 0.743 e. The van der Waals surface area contributed by atoms with Crippen LogP contribution in [0.5, 0.6) is 0 Å². The number of aryl methyl sites for hydroxylation is 1. The van der Waals surface area contributed by atoms with Gasteiger partial charge in [-0.3, -0.25) is 0 Å². The van der Waals surface area contributed by atoms with Crippen molar-refractivity contribution in [1.82, 2.24) is 0 Å². The molecule has 2 rings (SSSR count). The highest BCUT2D eigenvalue weighted by Gasteiger charge is 2.95. The van der Waals surface area contributed by atoms with Gasteiger partial charge in [0, 0.05) is 17.5 Å². The second kappa shape index (κ2) is 10.0. The van der Waals surface area contributed by atoms with Gasteiger partial charge in [0.2, 0.25) is 5.52 Å². The number of rotatable bonds is 7. The van der Waals surface area contributed by atoms with Crippen LogP contribution in [-0.2, 0) is 17.2 Å². The van der Waals surface area contributed by atoms with E-state index in [1.54, 1.807) is 0 Å². The average Bonchev–Trinajstić information content (AvgIpc) is 2.77. The summed E-state index contributed by atoms with van der Waals surface area (Å²) in [5, 5.41) is -6.66. The molecule has 0 aliphatic rings. The van der Waals surface area contributed by atoms with Crippen LogP contribution in [0.3, 0.4) is 0 Å². The standard InChI is InChI=1S/C10H10N.C8HF17O3S/c1-11-8-4-6-9-5-2-3-7-10(9)11;9-1(10,3(13,14)5(17,18)7(21,22)23)2(11,12)4(15,16)6(19,20)8(24,25)29(26,27)28/h2-8H,1H3;(H,26,27,28)/q+1;/p-1. The van der Waals surface area contributed by atoms with Gasteiger partial charge in [0.25, 0.3) is 0 Å². The molecule has 230 valence electrons.